The van der Waals surface area contributed by atoms with Crippen molar-refractivity contribution in [3.63, 3.8) is 0 Å². The third-order valence-electron chi connectivity index (χ3n) is 4.63. The highest BCUT2D eigenvalue weighted by Crippen LogP contribution is 2.17. The fourth-order valence-electron chi connectivity index (χ4n) is 2.87. The third-order valence-corrected chi connectivity index (χ3v) is 4.63. The van der Waals surface area contributed by atoms with Crippen LogP contribution in [0.4, 0.5) is 0 Å². The second-order valence-corrected chi connectivity index (χ2v) is 6.99. The number of halogens is 1. The summed E-state index contributed by atoms with van der Waals surface area (Å²) in [6.07, 6.45) is 0. The van der Waals surface area contributed by atoms with Crippen molar-refractivity contribution in [2.24, 2.45) is 11.7 Å². The molecule has 1 fully saturated rings. The molecule has 1 aliphatic heterocycles. The minimum Gasteiger partial charge on any atom is -0.466 e. The Morgan fingerprint density at radius 3 is 2.19 bits per heavy atom. The van der Waals surface area contributed by atoms with Crippen LogP contribution in [0.3, 0.4) is 0 Å². The van der Waals surface area contributed by atoms with Crippen molar-refractivity contribution in [2.75, 3.05) is 32.7 Å². The second-order valence-electron chi connectivity index (χ2n) is 6.99. The van der Waals surface area contributed by atoms with Crippen molar-refractivity contribution in [3.05, 3.63) is 23.2 Å². The van der Waals surface area contributed by atoms with Gasteiger partial charge in [-0.1, -0.05) is 13.8 Å². The predicted molar refractivity (Wildman–Crippen MR) is 104 cm³/mol. The highest BCUT2D eigenvalue weighted by molar-refractivity contribution is 5.95. The van der Waals surface area contributed by atoms with Crippen molar-refractivity contribution in [1.29, 1.82) is 0 Å². The molecule has 2 rings (SSSR count). The Balaban J connectivity index is 0.00000364. The molecule has 0 aliphatic carbocycles. The Morgan fingerprint density at radius 1 is 1.15 bits per heavy atom. The Kier molecular flexibility index (Phi) is 8.30. The van der Waals surface area contributed by atoms with Crippen LogP contribution in [0.5, 0.6) is 0 Å². The molecule has 0 bridgehead atoms. The predicted octanol–water partition coefficient (Wildman–Crippen LogP) is 0.702. The quantitative estimate of drug-likeness (QED) is 0.756. The first-order valence-electron chi connectivity index (χ1n) is 8.88. The molecule has 3 amide bonds. The lowest BCUT2D eigenvalue weighted by Gasteiger charge is -2.34. The number of nitrogens with two attached hydrogens (primary N) is 1. The van der Waals surface area contributed by atoms with Gasteiger partial charge in [0.1, 0.15) is 11.5 Å². The van der Waals surface area contributed by atoms with Crippen LogP contribution >= 0.6 is 12.4 Å². The molecule has 0 unspecified atom stereocenters. The molecule has 8 nitrogen and oxygen atoms in total. The largest absolute Gasteiger partial charge is 0.466 e. The summed E-state index contributed by atoms with van der Waals surface area (Å²) < 4.78 is 5.41. The van der Waals surface area contributed by atoms with Crippen molar-refractivity contribution in [1.82, 2.24) is 15.1 Å². The number of rotatable bonds is 5. The average Bonchev–Trinajstić information content (AvgIpc) is 2.96. The van der Waals surface area contributed by atoms with Crippen molar-refractivity contribution >= 4 is 30.1 Å². The molecular weight excluding hydrogens is 372 g/mol. The topological polar surface area (TPSA) is 109 Å². The van der Waals surface area contributed by atoms with Crippen molar-refractivity contribution in [2.45, 2.75) is 33.7 Å². The number of carbonyl (C=O) groups excluding carboxylic acids is 3. The van der Waals surface area contributed by atoms with Crippen molar-refractivity contribution < 1.29 is 18.8 Å². The van der Waals surface area contributed by atoms with Crippen LogP contribution in [0.25, 0.3) is 0 Å². The summed E-state index contributed by atoms with van der Waals surface area (Å²) in [6, 6.07) is 1.11. The van der Waals surface area contributed by atoms with Gasteiger partial charge in [0.15, 0.2) is 0 Å². The standard InChI is InChI=1S/C18H28N4O4.ClH/c1-11(2)16(19)17(24)20-10-15(23)21-5-7-22(8-6-21)18(25)14-9-12(3)26-13(14)4;/h9,11,16H,5-8,10,19H2,1-4H3,(H,20,24);1H/t16-;/m0./s1. The van der Waals surface area contributed by atoms with Gasteiger partial charge >= 0.3 is 0 Å². The Hall–Kier alpha value is -2.06. The number of aryl methyl sites for hydroxylation is 2. The van der Waals surface area contributed by atoms with Gasteiger partial charge in [-0.15, -0.1) is 12.4 Å². The van der Waals surface area contributed by atoms with E-state index in [2.05, 4.69) is 5.32 Å². The first-order valence-corrected chi connectivity index (χ1v) is 8.88. The van der Waals surface area contributed by atoms with E-state index in [1.54, 1.807) is 29.7 Å². The van der Waals surface area contributed by atoms with Crippen LogP contribution in [-0.2, 0) is 9.59 Å². The van der Waals surface area contributed by atoms with Crippen LogP contribution in [0.2, 0.25) is 0 Å². The van der Waals surface area contributed by atoms with Gasteiger partial charge in [-0.3, -0.25) is 14.4 Å². The molecular formula is C18H29ClN4O4. The molecule has 0 radical (unpaired) electrons. The monoisotopic (exact) mass is 400 g/mol. The molecule has 2 heterocycles. The van der Waals surface area contributed by atoms with E-state index in [0.29, 0.717) is 43.3 Å². The first-order chi connectivity index (χ1) is 12.2. The van der Waals surface area contributed by atoms with E-state index in [-0.39, 0.29) is 42.6 Å². The van der Waals surface area contributed by atoms with Crippen LogP contribution < -0.4 is 11.1 Å². The molecule has 1 aromatic rings. The molecule has 0 spiro atoms. The number of hydrogen-bond donors (Lipinski definition) is 2. The zero-order valence-electron chi connectivity index (χ0n) is 16.3. The number of nitrogens with zero attached hydrogens (tertiary/aromatic N) is 2. The number of nitrogens with one attached hydrogen (secondary N) is 1. The van der Waals surface area contributed by atoms with Crippen molar-refractivity contribution in [3.8, 4) is 0 Å². The van der Waals surface area contributed by atoms with E-state index in [1.165, 1.54) is 0 Å². The second kappa shape index (κ2) is 9.75. The van der Waals surface area contributed by atoms with Gasteiger partial charge in [-0.25, -0.2) is 0 Å². The van der Waals surface area contributed by atoms with E-state index in [1.807, 2.05) is 13.8 Å². The number of amides is 3. The molecule has 9 heteroatoms. The maximum Gasteiger partial charge on any atom is 0.257 e. The fourth-order valence-corrected chi connectivity index (χ4v) is 2.87. The van der Waals surface area contributed by atoms with Crippen LogP contribution in [0.15, 0.2) is 10.5 Å². The Labute approximate surface area is 165 Å². The Bertz CT molecular complexity index is 681. The van der Waals surface area contributed by atoms with E-state index < -0.39 is 6.04 Å². The summed E-state index contributed by atoms with van der Waals surface area (Å²) in [7, 11) is 0. The van der Waals surface area contributed by atoms with E-state index in [9.17, 15) is 14.4 Å². The number of carbonyl (C=O) groups is 3. The SMILES string of the molecule is Cc1cc(C(=O)N2CCN(C(=O)CNC(=O)[C@@H](N)C(C)C)CC2)c(C)o1.Cl. The van der Waals surface area contributed by atoms with Gasteiger partial charge in [0.25, 0.3) is 5.91 Å². The smallest absolute Gasteiger partial charge is 0.257 e. The van der Waals surface area contributed by atoms with E-state index in [4.69, 9.17) is 10.2 Å². The molecule has 152 valence electrons. The molecule has 1 atom stereocenters. The zero-order chi connectivity index (χ0) is 19.4. The average molecular weight is 401 g/mol. The molecule has 0 aromatic carbocycles. The summed E-state index contributed by atoms with van der Waals surface area (Å²) in [5, 5.41) is 2.58. The Morgan fingerprint density at radius 2 is 1.70 bits per heavy atom. The number of hydrogen-bond acceptors (Lipinski definition) is 5. The molecule has 1 aromatic heterocycles. The maximum atomic E-state index is 12.6. The molecule has 0 saturated carbocycles. The normalized spacial score (nSPS) is 15.3. The lowest BCUT2D eigenvalue weighted by atomic mass is 10.1. The minimum atomic E-state index is -0.626. The van der Waals surface area contributed by atoms with Crippen LogP contribution in [-0.4, -0.2) is 66.3 Å². The highest BCUT2D eigenvalue weighted by Gasteiger charge is 2.27. The van der Waals surface area contributed by atoms with Crippen LogP contribution in [0, 0.1) is 19.8 Å². The molecule has 3 N–H and O–H groups in total. The zero-order valence-corrected chi connectivity index (χ0v) is 17.1. The summed E-state index contributed by atoms with van der Waals surface area (Å²) in [6.45, 7) is 8.98. The maximum absolute atomic E-state index is 12.6. The van der Waals surface area contributed by atoms with E-state index in [0.717, 1.165) is 0 Å². The molecule has 1 saturated heterocycles. The molecule has 27 heavy (non-hydrogen) atoms. The van der Waals surface area contributed by atoms with Gasteiger partial charge < -0.3 is 25.3 Å². The van der Waals surface area contributed by atoms with Gasteiger partial charge in [-0.05, 0) is 25.8 Å². The highest BCUT2D eigenvalue weighted by atomic mass is 35.5. The number of piperazine rings is 1. The fraction of sp³-hybridized carbons (Fsp3) is 0.611. The van der Waals surface area contributed by atoms with Gasteiger partial charge in [0, 0.05) is 26.2 Å². The van der Waals surface area contributed by atoms with Gasteiger partial charge in [0.2, 0.25) is 11.8 Å². The molecule has 1 aliphatic rings. The van der Waals surface area contributed by atoms with Gasteiger partial charge in [0.05, 0.1) is 18.2 Å². The summed E-state index contributed by atoms with van der Waals surface area (Å²) in [4.78, 5) is 40.0. The first kappa shape index (κ1) is 23.0. The lowest BCUT2D eigenvalue weighted by molar-refractivity contribution is -0.134. The number of furan rings is 1. The summed E-state index contributed by atoms with van der Waals surface area (Å²) in [5.74, 6) is 0.743. The van der Waals surface area contributed by atoms with E-state index >= 15 is 0 Å². The minimum absolute atomic E-state index is 0. The lowest BCUT2D eigenvalue weighted by Crippen LogP contribution is -2.53. The third kappa shape index (κ3) is 5.71. The summed E-state index contributed by atoms with van der Waals surface area (Å²) >= 11 is 0. The summed E-state index contributed by atoms with van der Waals surface area (Å²) in [5.41, 5.74) is 6.32. The van der Waals surface area contributed by atoms with Crippen LogP contribution in [0.1, 0.15) is 35.7 Å². The van der Waals surface area contributed by atoms with Gasteiger partial charge in [-0.2, -0.15) is 0 Å².